The molecule has 8 nitrogen and oxygen atoms in total. The molecule has 4 N–H and O–H groups in total. The largest absolute Gasteiger partial charge is 0.480 e. The highest BCUT2D eigenvalue weighted by atomic mass is 16.4. The summed E-state index contributed by atoms with van der Waals surface area (Å²) in [6.07, 6.45) is 1.92. The Balaban J connectivity index is 2.27. The second-order valence-electron chi connectivity index (χ2n) is 3.99. The zero-order valence-corrected chi connectivity index (χ0v) is 9.89. The SMILES string of the molecule is O=C(NCC(=O)N1CCCC1)N[C@@H](CO)C(=O)O. The summed E-state index contributed by atoms with van der Waals surface area (Å²) < 4.78 is 0. The number of carbonyl (C=O) groups is 3. The number of likely N-dealkylation sites (tertiary alicyclic amines) is 1. The minimum atomic E-state index is -1.37. The van der Waals surface area contributed by atoms with Crippen molar-refractivity contribution >= 4 is 17.9 Å². The molecular weight excluding hydrogens is 242 g/mol. The van der Waals surface area contributed by atoms with Crippen LogP contribution in [0.2, 0.25) is 0 Å². The van der Waals surface area contributed by atoms with Gasteiger partial charge in [0.1, 0.15) is 0 Å². The third-order valence-corrected chi connectivity index (χ3v) is 2.64. The molecule has 0 aromatic rings. The number of nitrogens with zero attached hydrogens (tertiary/aromatic N) is 1. The number of rotatable bonds is 5. The molecule has 18 heavy (non-hydrogen) atoms. The number of carbonyl (C=O) groups excluding carboxylic acids is 2. The third kappa shape index (κ3) is 4.21. The van der Waals surface area contributed by atoms with Gasteiger partial charge < -0.3 is 25.7 Å². The number of hydrogen-bond donors (Lipinski definition) is 4. The maximum atomic E-state index is 11.6. The fraction of sp³-hybridized carbons (Fsp3) is 0.700. The van der Waals surface area contributed by atoms with Crippen molar-refractivity contribution in [1.29, 1.82) is 0 Å². The van der Waals surface area contributed by atoms with Crippen LogP contribution >= 0.6 is 0 Å². The van der Waals surface area contributed by atoms with E-state index >= 15 is 0 Å². The van der Waals surface area contributed by atoms with Crippen LogP contribution in [0.4, 0.5) is 4.79 Å². The van der Waals surface area contributed by atoms with Crippen molar-refractivity contribution in [2.24, 2.45) is 0 Å². The van der Waals surface area contributed by atoms with E-state index in [1.54, 1.807) is 4.90 Å². The summed E-state index contributed by atoms with van der Waals surface area (Å²) in [5, 5.41) is 21.6. The Bertz CT molecular complexity index is 327. The molecule has 1 saturated heterocycles. The quantitative estimate of drug-likeness (QED) is 0.472. The number of carboxylic acids is 1. The van der Waals surface area contributed by atoms with E-state index in [0.29, 0.717) is 13.1 Å². The van der Waals surface area contributed by atoms with Gasteiger partial charge in [-0.25, -0.2) is 9.59 Å². The van der Waals surface area contributed by atoms with Gasteiger partial charge in [0, 0.05) is 13.1 Å². The minimum Gasteiger partial charge on any atom is -0.480 e. The summed E-state index contributed by atoms with van der Waals surface area (Å²) in [6.45, 7) is 0.499. The van der Waals surface area contributed by atoms with E-state index < -0.39 is 24.6 Å². The van der Waals surface area contributed by atoms with E-state index in [2.05, 4.69) is 5.32 Å². The third-order valence-electron chi connectivity index (χ3n) is 2.64. The van der Waals surface area contributed by atoms with Gasteiger partial charge in [-0.15, -0.1) is 0 Å². The predicted molar refractivity (Wildman–Crippen MR) is 60.9 cm³/mol. The predicted octanol–water partition coefficient (Wildman–Crippen LogP) is -1.65. The number of aliphatic hydroxyl groups is 1. The Kier molecular flexibility index (Phi) is 5.37. The molecule has 0 aromatic heterocycles. The molecule has 0 spiro atoms. The molecule has 0 aliphatic carbocycles. The molecule has 0 bridgehead atoms. The maximum absolute atomic E-state index is 11.6. The first kappa shape index (κ1) is 14.2. The van der Waals surface area contributed by atoms with Crippen LogP contribution in [0.15, 0.2) is 0 Å². The summed E-state index contributed by atoms with van der Waals surface area (Å²) >= 11 is 0. The molecule has 1 atom stereocenters. The van der Waals surface area contributed by atoms with Crippen LogP contribution in [0.5, 0.6) is 0 Å². The number of hydrogen-bond acceptors (Lipinski definition) is 4. The van der Waals surface area contributed by atoms with Gasteiger partial charge in [0.25, 0.3) is 0 Å². The van der Waals surface area contributed by atoms with E-state index in [9.17, 15) is 14.4 Å². The van der Waals surface area contributed by atoms with Crippen molar-refractivity contribution in [3.8, 4) is 0 Å². The molecule has 0 unspecified atom stereocenters. The first-order valence-corrected chi connectivity index (χ1v) is 5.70. The van der Waals surface area contributed by atoms with Crippen molar-refractivity contribution in [3.63, 3.8) is 0 Å². The first-order chi connectivity index (χ1) is 8.54. The number of nitrogens with one attached hydrogen (secondary N) is 2. The lowest BCUT2D eigenvalue weighted by Gasteiger charge is -2.16. The standard InChI is InChI=1S/C10H17N3O5/c14-6-7(9(16)17)12-10(18)11-5-8(15)13-3-1-2-4-13/h7,14H,1-6H2,(H,16,17)(H2,11,12,18)/t7-/m0/s1. The first-order valence-electron chi connectivity index (χ1n) is 5.70. The lowest BCUT2D eigenvalue weighted by Crippen LogP contribution is -2.50. The molecule has 102 valence electrons. The highest BCUT2D eigenvalue weighted by molar-refractivity contribution is 5.86. The highest BCUT2D eigenvalue weighted by Crippen LogP contribution is 2.06. The second kappa shape index (κ2) is 6.80. The monoisotopic (exact) mass is 259 g/mol. The summed E-state index contributed by atoms with van der Waals surface area (Å²) in [6, 6.07) is -2.16. The minimum absolute atomic E-state index is 0.177. The maximum Gasteiger partial charge on any atom is 0.328 e. The van der Waals surface area contributed by atoms with Crippen molar-refractivity contribution in [1.82, 2.24) is 15.5 Å². The highest BCUT2D eigenvalue weighted by Gasteiger charge is 2.21. The van der Waals surface area contributed by atoms with Gasteiger partial charge in [0.05, 0.1) is 13.2 Å². The van der Waals surface area contributed by atoms with E-state index in [1.165, 1.54) is 0 Å². The second-order valence-corrected chi connectivity index (χ2v) is 3.99. The Hall–Kier alpha value is -1.83. The van der Waals surface area contributed by atoms with Gasteiger partial charge >= 0.3 is 12.0 Å². The van der Waals surface area contributed by atoms with E-state index in [-0.39, 0.29) is 12.5 Å². The number of aliphatic hydroxyl groups excluding tert-OH is 1. The Labute approximate surface area is 104 Å². The van der Waals surface area contributed by atoms with Crippen LogP contribution in [0, 0.1) is 0 Å². The van der Waals surface area contributed by atoms with Crippen molar-refractivity contribution < 1.29 is 24.6 Å². The van der Waals surface area contributed by atoms with Gasteiger partial charge in [-0.2, -0.15) is 0 Å². The van der Waals surface area contributed by atoms with E-state index in [0.717, 1.165) is 12.8 Å². The lowest BCUT2D eigenvalue weighted by molar-refractivity contribution is -0.140. The average molecular weight is 259 g/mol. The zero-order chi connectivity index (χ0) is 13.5. The molecule has 0 saturated carbocycles. The van der Waals surface area contributed by atoms with Crippen LogP contribution in [-0.2, 0) is 9.59 Å². The summed E-state index contributed by atoms with van der Waals surface area (Å²) in [5.74, 6) is -1.53. The van der Waals surface area contributed by atoms with Crippen LogP contribution < -0.4 is 10.6 Å². The molecule has 1 aliphatic rings. The van der Waals surface area contributed by atoms with Gasteiger partial charge in [-0.05, 0) is 12.8 Å². The Morgan fingerprint density at radius 2 is 1.83 bits per heavy atom. The summed E-state index contributed by atoms with van der Waals surface area (Å²) in [7, 11) is 0. The van der Waals surface area contributed by atoms with Crippen LogP contribution in [-0.4, -0.2) is 65.3 Å². The molecule has 0 aromatic carbocycles. The van der Waals surface area contributed by atoms with Gasteiger partial charge in [0.2, 0.25) is 5.91 Å². The fourth-order valence-electron chi connectivity index (χ4n) is 1.63. The molecule has 1 rings (SSSR count). The van der Waals surface area contributed by atoms with Crippen LogP contribution in [0.1, 0.15) is 12.8 Å². The number of aliphatic carboxylic acids is 1. The van der Waals surface area contributed by atoms with Crippen molar-refractivity contribution in [2.75, 3.05) is 26.2 Å². The molecule has 1 aliphatic heterocycles. The summed E-state index contributed by atoms with van der Waals surface area (Å²) in [5.41, 5.74) is 0. The number of carboxylic acid groups (broad SMARTS) is 1. The Morgan fingerprint density at radius 1 is 1.22 bits per heavy atom. The smallest absolute Gasteiger partial charge is 0.328 e. The van der Waals surface area contributed by atoms with Crippen LogP contribution in [0.25, 0.3) is 0 Å². The van der Waals surface area contributed by atoms with Gasteiger partial charge in [0.15, 0.2) is 6.04 Å². The normalized spacial score (nSPS) is 16.2. The molecule has 3 amide bonds. The fourth-order valence-corrected chi connectivity index (χ4v) is 1.63. The van der Waals surface area contributed by atoms with Gasteiger partial charge in [-0.1, -0.05) is 0 Å². The lowest BCUT2D eigenvalue weighted by atomic mass is 10.3. The van der Waals surface area contributed by atoms with E-state index in [4.69, 9.17) is 10.2 Å². The summed E-state index contributed by atoms with van der Waals surface area (Å²) in [4.78, 5) is 35.0. The molecule has 8 heteroatoms. The van der Waals surface area contributed by atoms with Gasteiger partial charge in [-0.3, -0.25) is 4.79 Å². The number of urea groups is 1. The molecular formula is C10H17N3O5. The van der Waals surface area contributed by atoms with Crippen molar-refractivity contribution in [2.45, 2.75) is 18.9 Å². The molecule has 1 heterocycles. The topological polar surface area (TPSA) is 119 Å². The van der Waals surface area contributed by atoms with Crippen molar-refractivity contribution in [3.05, 3.63) is 0 Å². The molecule has 1 fully saturated rings. The Morgan fingerprint density at radius 3 is 2.33 bits per heavy atom. The zero-order valence-electron chi connectivity index (χ0n) is 9.89. The number of amides is 3. The van der Waals surface area contributed by atoms with E-state index in [1.807, 2.05) is 5.32 Å². The molecule has 0 radical (unpaired) electrons. The average Bonchev–Trinajstić information content (AvgIpc) is 2.86. The van der Waals surface area contributed by atoms with Crippen LogP contribution in [0.3, 0.4) is 0 Å².